The molecule has 15 heavy (non-hydrogen) atoms. The van der Waals surface area contributed by atoms with Gasteiger partial charge in [-0.2, -0.15) is 5.10 Å². The standard InChI is InChI=1S/C12H15ClN2/c1-15(14-11-4-2-3-5-11)12-8-6-10(13)7-9-12/h6-9H,2-5H2,1H3. The second kappa shape index (κ2) is 4.67. The lowest BCUT2D eigenvalue weighted by atomic mass is 10.3. The van der Waals surface area contributed by atoms with Crippen LogP contribution >= 0.6 is 11.6 Å². The van der Waals surface area contributed by atoms with Crippen LogP contribution in [-0.4, -0.2) is 12.8 Å². The third-order valence-electron chi connectivity index (χ3n) is 2.67. The highest BCUT2D eigenvalue weighted by molar-refractivity contribution is 6.30. The maximum Gasteiger partial charge on any atom is 0.0591 e. The van der Waals surface area contributed by atoms with Crippen LogP contribution in [0.4, 0.5) is 5.69 Å². The van der Waals surface area contributed by atoms with Crippen LogP contribution in [-0.2, 0) is 0 Å². The molecule has 2 nitrogen and oxygen atoms in total. The van der Waals surface area contributed by atoms with Crippen LogP contribution in [0.25, 0.3) is 0 Å². The molecule has 0 unspecified atom stereocenters. The molecule has 1 fully saturated rings. The van der Waals surface area contributed by atoms with Crippen LogP contribution in [0.3, 0.4) is 0 Å². The fourth-order valence-corrected chi connectivity index (χ4v) is 1.94. The lowest BCUT2D eigenvalue weighted by Crippen LogP contribution is -2.11. The molecule has 0 saturated heterocycles. The molecule has 0 aliphatic heterocycles. The van der Waals surface area contributed by atoms with Crippen LogP contribution in [0.2, 0.25) is 5.02 Å². The predicted molar refractivity (Wildman–Crippen MR) is 65.8 cm³/mol. The molecule has 0 aromatic heterocycles. The maximum atomic E-state index is 5.83. The van der Waals surface area contributed by atoms with E-state index in [-0.39, 0.29) is 0 Å². The summed E-state index contributed by atoms with van der Waals surface area (Å²) in [5.41, 5.74) is 2.39. The fourth-order valence-electron chi connectivity index (χ4n) is 1.81. The van der Waals surface area contributed by atoms with Gasteiger partial charge in [0.25, 0.3) is 0 Å². The van der Waals surface area contributed by atoms with E-state index in [4.69, 9.17) is 11.6 Å². The summed E-state index contributed by atoms with van der Waals surface area (Å²) in [4.78, 5) is 0. The third kappa shape index (κ3) is 2.72. The van der Waals surface area contributed by atoms with Gasteiger partial charge in [-0.3, -0.25) is 5.01 Å². The number of halogens is 1. The van der Waals surface area contributed by atoms with E-state index in [9.17, 15) is 0 Å². The molecule has 1 aliphatic carbocycles. The molecule has 1 aromatic carbocycles. The highest BCUT2D eigenvalue weighted by Crippen LogP contribution is 2.20. The lowest BCUT2D eigenvalue weighted by Gasteiger charge is -2.14. The quantitative estimate of drug-likeness (QED) is 0.697. The molecule has 80 valence electrons. The minimum absolute atomic E-state index is 0.765. The van der Waals surface area contributed by atoms with E-state index in [2.05, 4.69) is 5.10 Å². The minimum Gasteiger partial charge on any atom is -0.269 e. The Balaban J connectivity index is 2.10. The van der Waals surface area contributed by atoms with Crippen molar-refractivity contribution in [2.75, 3.05) is 12.1 Å². The largest absolute Gasteiger partial charge is 0.269 e. The van der Waals surface area contributed by atoms with Gasteiger partial charge in [-0.25, -0.2) is 0 Å². The molecule has 0 atom stereocenters. The van der Waals surface area contributed by atoms with Crippen molar-refractivity contribution in [1.82, 2.24) is 0 Å². The van der Waals surface area contributed by atoms with Crippen molar-refractivity contribution in [3.8, 4) is 0 Å². The minimum atomic E-state index is 0.765. The highest BCUT2D eigenvalue weighted by atomic mass is 35.5. The fraction of sp³-hybridized carbons (Fsp3) is 0.417. The van der Waals surface area contributed by atoms with E-state index >= 15 is 0 Å². The molecule has 1 saturated carbocycles. The summed E-state index contributed by atoms with van der Waals surface area (Å²) in [6, 6.07) is 7.76. The van der Waals surface area contributed by atoms with E-state index in [1.165, 1.54) is 18.6 Å². The van der Waals surface area contributed by atoms with Crippen LogP contribution in [0.15, 0.2) is 29.4 Å². The van der Waals surface area contributed by atoms with Gasteiger partial charge in [-0.1, -0.05) is 11.6 Å². The van der Waals surface area contributed by atoms with Gasteiger partial charge in [0.05, 0.1) is 5.69 Å². The number of hydrogen-bond donors (Lipinski definition) is 0. The smallest absolute Gasteiger partial charge is 0.0591 e. The molecular weight excluding hydrogens is 208 g/mol. The molecule has 1 aromatic rings. The Morgan fingerprint density at radius 3 is 2.33 bits per heavy atom. The van der Waals surface area contributed by atoms with Gasteiger partial charge in [-0.15, -0.1) is 0 Å². The number of hydrogen-bond acceptors (Lipinski definition) is 2. The summed E-state index contributed by atoms with van der Waals surface area (Å²) in [5.74, 6) is 0. The van der Waals surface area contributed by atoms with Crippen LogP contribution in [0.5, 0.6) is 0 Å². The average Bonchev–Trinajstić information content (AvgIpc) is 2.71. The molecule has 0 bridgehead atoms. The molecule has 1 aliphatic rings. The first-order valence-corrected chi connectivity index (χ1v) is 5.69. The first-order valence-electron chi connectivity index (χ1n) is 5.31. The molecule has 0 spiro atoms. The Kier molecular flexibility index (Phi) is 3.27. The Morgan fingerprint density at radius 2 is 1.73 bits per heavy atom. The van der Waals surface area contributed by atoms with Gasteiger partial charge in [0.1, 0.15) is 0 Å². The Labute approximate surface area is 95.5 Å². The summed E-state index contributed by atoms with van der Waals surface area (Å²) in [6.07, 6.45) is 4.87. The summed E-state index contributed by atoms with van der Waals surface area (Å²) < 4.78 is 0. The number of nitrogens with zero attached hydrogens (tertiary/aromatic N) is 2. The second-order valence-electron chi connectivity index (χ2n) is 3.87. The zero-order chi connectivity index (χ0) is 10.7. The van der Waals surface area contributed by atoms with Gasteiger partial charge in [0, 0.05) is 17.8 Å². The van der Waals surface area contributed by atoms with Crippen LogP contribution in [0, 0.1) is 0 Å². The molecule has 0 N–H and O–H groups in total. The van der Waals surface area contributed by atoms with Crippen molar-refractivity contribution >= 4 is 23.0 Å². The van der Waals surface area contributed by atoms with E-state index in [0.29, 0.717) is 0 Å². The highest BCUT2D eigenvalue weighted by Gasteiger charge is 2.09. The molecule has 0 amide bonds. The zero-order valence-electron chi connectivity index (χ0n) is 8.91. The summed E-state index contributed by atoms with van der Waals surface area (Å²) >= 11 is 5.83. The molecule has 2 rings (SSSR count). The Hall–Kier alpha value is -1.02. The lowest BCUT2D eigenvalue weighted by molar-refractivity contribution is 0.886. The first kappa shape index (κ1) is 10.5. The van der Waals surface area contributed by atoms with Crippen molar-refractivity contribution in [2.45, 2.75) is 25.7 Å². The number of rotatable bonds is 2. The number of benzene rings is 1. The molecule has 0 radical (unpaired) electrons. The summed E-state index contributed by atoms with van der Waals surface area (Å²) in [5, 5.41) is 7.27. The molecular formula is C12H15ClN2. The number of anilines is 1. The van der Waals surface area contributed by atoms with Gasteiger partial charge >= 0.3 is 0 Å². The summed E-state index contributed by atoms with van der Waals surface area (Å²) in [6.45, 7) is 0. The molecule has 3 heteroatoms. The first-order chi connectivity index (χ1) is 7.25. The third-order valence-corrected chi connectivity index (χ3v) is 2.92. The van der Waals surface area contributed by atoms with Gasteiger partial charge in [-0.05, 0) is 49.9 Å². The van der Waals surface area contributed by atoms with E-state index in [0.717, 1.165) is 23.6 Å². The van der Waals surface area contributed by atoms with E-state index in [1.54, 1.807) is 0 Å². The predicted octanol–water partition coefficient (Wildman–Crippen LogP) is 3.71. The topological polar surface area (TPSA) is 15.6 Å². The van der Waals surface area contributed by atoms with Crippen molar-refractivity contribution in [1.29, 1.82) is 0 Å². The van der Waals surface area contributed by atoms with Crippen LogP contribution in [0.1, 0.15) is 25.7 Å². The monoisotopic (exact) mass is 222 g/mol. The van der Waals surface area contributed by atoms with E-state index in [1.807, 2.05) is 36.3 Å². The van der Waals surface area contributed by atoms with E-state index < -0.39 is 0 Å². The average molecular weight is 223 g/mol. The van der Waals surface area contributed by atoms with Crippen LogP contribution < -0.4 is 5.01 Å². The van der Waals surface area contributed by atoms with Crippen molar-refractivity contribution in [3.05, 3.63) is 29.3 Å². The van der Waals surface area contributed by atoms with Gasteiger partial charge < -0.3 is 0 Å². The SMILES string of the molecule is CN(N=C1CCCC1)c1ccc(Cl)cc1. The maximum absolute atomic E-state index is 5.83. The normalized spacial score (nSPS) is 15.5. The number of hydrazone groups is 1. The van der Waals surface area contributed by atoms with Gasteiger partial charge in [0.15, 0.2) is 0 Å². The van der Waals surface area contributed by atoms with Crippen molar-refractivity contribution < 1.29 is 0 Å². The zero-order valence-corrected chi connectivity index (χ0v) is 9.67. The molecule has 0 heterocycles. The second-order valence-corrected chi connectivity index (χ2v) is 4.31. The Bertz CT molecular complexity index is 348. The van der Waals surface area contributed by atoms with Gasteiger partial charge in [0.2, 0.25) is 0 Å². The Morgan fingerprint density at radius 1 is 1.13 bits per heavy atom. The summed E-state index contributed by atoms with van der Waals surface area (Å²) in [7, 11) is 1.98. The van der Waals surface area contributed by atoms with Crippen molar-refractivity contribution in [3.63, 3.8) is 0 Å². The van der Waals surface area contributed by atoms with Crippen molar-refractivity contribution in [2.24, 2.45) is 5.10 Å².